The number of carbonyl (C=O) groups excluding carboxylic acids is 6. The summed E-state index contributed by atoms with van der Waals surface area (Å²) in [7, 11) is 3.34. The number of rotatable bonds is 20. The third-order valence-electron chi connectivity index (χ3n) is 8.79. The number of nitrogens with one attached hydrogen (secondary N) is 1. The van der Waals surface area contributed by atoms with Gasteiger partial charge in [-0.25, -0.2) is 0 Å². The number of nitrogens with zero attached hydrogens (tertiary/aromatic N) is 3. The summed E-state index contributed by atoms with van der Waals surface area (Å²) in [4.78, 5) is 81.1. The van der Waals surface area contributed by atoms with E-state index in [-0.39, 0.29) is 78.1 Å². The van der Waals surface area contributed by atoms with E-state index < -0.39 is 18.0 Å². The summed E-state index contributed by atoms with van der Waals surface area (Å²) in [6, 6.07) is -1.84. The minimum atomic E-state index is -0.820. The van der Waals surface area contributed by atoms with Gasteiger partial charge < -0.3 is 19.9 Å². The fraction of sp³-hybridized carbons (Fsp3) is 0.771. The van der Waals surface area contributed by atoms with Crippen molar-refractivity contribution in [1.82, 2.24) is 20.0 Å². The molecule has 1 rings (SSSR count). The van der Waals surface area contributed by atoms with Gasteiger partial charge in [-0.3, -0.25) is 33.7 Å². The van der Waals surface area contributed by atoms with Crippen LogP contribution in [0, 0.1) is 29.6 Å². The normalized spacial score (nSPS) is 16.4. The lowest BCUT2D eigenvalue weighted by molar-refractivity contribution is -0.149. The smallest absolute Gasteiger partial charge is 0.306 e. The van der Waals surface area contributed by atoms with Gasteiger partial charge in [0.15, 0.2) is 0 Å². The monoisotopic (exact) mass is 648 g/mol. The van der Waals surface area contributed by atoms with Crippen LogP contribution in [-0.4, -0.2) is 95.6 Å². The zero-order chi connectivity index (χ0) is 35.3. The molecule has 1 aliphatic heterocycles. The summed E-state index contributed by atoms with van der Waals surface area (Å²) < 4.78 is 5.41. The van der Waals surface area contributed by atoms with Gasteiger partial charge in [0.1, 0.15) is 12.1 Å². The van der Waals surface area contributed by atoms with Crippen LogP contribution in [0.15, 0.2) is 12.2 Å². The van der Waals surface area contributed by atoms with Gasteiger partial charge in [-0.1, -0.05) is 75.2 Å². The Bertz CT molecular complexity index is 1070. The van der Waals surface area contributed by atoms with E-state index in [1.54, 1.807) is 19.0 Å². The van der Waals surface area contributed by atoms with Gasteiger partial charge in [0.2, 0.25) is 17.7 Å². The molecule has 0 aromatic heterocycles. The van der Waals surface area contributed by atoms with E-state index in [9.17, 15) is 28.8 Å². The van der Waals surface area contributed by atoms with Crippen LogP contribution in [0.25, 0.3) is 0 Å². The van der Waals surface area contributed by atoms with E-state index in [2.05, 4.69) is 19.2 Å². The fourth-order valence-corrected chi connectivity index (χ4v) is 6.02. The summed E-state index contributed by atoms with van der Waals surface area (Å²) in [6.07, 6.45) is 5.51. The zero-order valence-corrected chi connectivity index (χ0v) is 30.1. The van der Waals surface area contributed by atoms with Crippen molar-refractivity contribution in [2.24, 2.45) is 29.6 Å². The molecule has 0 spiro atoms. The third kappa shape index (κ3) is 12.2. The standard InChI is InChI=1S/C35H60N4O7/c1-12-25(8)33(26(9)20-30(43)46-21-22(2)3)38(11)35(45)31(23(4)5)36-34(44)32(24(6)7)37(10)27(40)16-14-13-15-19-39-28(41)17-18-29(39)42/h17-18,22-26,31-33H,12-16,19-21H2,1-11H3,(H,36,44)/t25-,26+,31-,32-,33-/m0/s1. The number of hydrogen-bond acceptors (Lipinski definition) is 7. The molecule has 0 saturated carbocycles. The van der Waals surface area contributed by atoms with Crippen molar-refractivity contribution < 1.29 is 33.5 Å². The molecule has 262 valence electrons. The van der Waals surface area contributed by atoms with Gasteiger partial charge in [-0.05, 0) is 42.4 Å². The van der Waals surface area contributed by atoms with Gasteiger partial charge in [0.05, 0.1) is 13.0 Å². The summed E-state index contributed by atoms with van der Waals surface area (Å²) >= 11 is 0. The maximum Gasteiger partial charge on any atom is 0.306 e. The fourth-order valence-electron chi connectivity index (χ4n) is 6.02. The predicted molar refractivity (Wildman–Crippen MR) is 178 cm³/mol. The van der Waals surface area contributed by atoms with Crippen molar-refractivity contribution in [3.8, 4) is 0 Å². The molecule has 1 heterocycles. The minimum Gasteiger partial charge on any atom is -0.465 e. The minimum absolute atomic E-state index is 0.102. The van der Waals surface area contributed by atoms with E-state index >= 15 is 0 Å². The molecule has 11 nitrogen and oxygen atoms in total. The quantitative estimate of drug-likeness (QED) is 0.119. The first-order valence-corrected chi connectivity index (χ1v) is 17.0. The Hall–Kier alpha value is -3.24. The second-order valence-corrected chi connectivity index (χ2v) is 14.0. The number of esters is 1. The second kappa shape index (κ2) is 19.4. The molecule has 0 aromatic carbocycles. The van der Waals surface area contributed by atoms with Gasteiger partial charge in [0, 0.05) is 45.3 Å². The topological polar surface area (TPSA) is 133 Å². The molecule has 0 aromatic rings. The molecule has 0 bridgehead atoms. The van der Waals surface area contributed by atoms with Crippen LogP contribution in [0.3, 0.4) is 0 Å². The van der Waals surface area contributed by atoms with Crippen LogP contribution < -0.4 is 5.32 Å². The molecular formula is C35H60N4O7. The first-order valence-electron chi connectivity index (χ1n) is 17.0. The molecule has 5 amide bonds. The Morgan fingerprint density at radius 1 is 0.826 bits per heavy atom. The predicted octanol–water partition coefficient (Wildman–Crippen LogP) is 4.19. The van der Waals surface area contributed by atoms with Crippen molar-refractivity contribution in [2.45, 2.75) is 119 Å². The lowest BCUT2D eigenvalue weighted by Crippen LogP contribution is -2.59. The summed E-state index contributed by atoms with van der Waals surface area (Å²) in [5.41, 5.74) is 0. The van der Waals surface area contributed by atoms with Crippen LogP contribution >= 0.6 is 0 Å². The van der Waals surface area contributed by atoms with Crippen molar-refractivity contribution in [3.63, 3.8) is 0 Å². The Balaban J connectivity index is 2.92. The highest BCUT2D eigenvalue weighted by Gasteiger charge is 2.38. The van der Waals surface area contributed by atoms with Crippen LogP contribution in [-0.2, 0) is 33.5 Å². The molecule has 5 atom stereocenters. The Labute approximate surface area is 276 Å². The van der Waals surface area contributed by atoms with Gasteiger partial charge >= 0.3 is 5.97 Å². The van der Waals surface area contributed by atoms with Crippen LogP contribution in [0.2, 0.25) is 0 Å². The van der Waals surface area contributed by atoms with E-state index in [4.69, 9.17) is 4.74 Å². The van der Waals surface area contributed by atoms with Crippen LogP contribution in [0.1, 0.15) is 101 Å². The number of amides is 5. The molecule has 0 radical (unpaired) electrons. The number of imide groups is 1. The molecular weight excluding hydrogens is 588 g/mol. The Kier molecular flexibility index (Phi) is 17.2. The second-order valence-electron chi connectivity index (χ2n) is 14.0. The van der Waals surface area contributed by atoms with Gasteiger partial charge in [-0.15, -0.1) is 0 Å². The maximum absolute atomic E-state index is 14.0. The molecule has 0 saturated heterocycles. The number of carbonyl (C=O) groups is 6. The Morgan fingerprint density at radius 2 is 1.41 bits per heavy atom. The number of likely N-dealkylation sites (N-methyl/N-ethyl adjacent to an activating group) is 2. The summed E-state index contributed by atoms with van der Waals surface area (Å²) in [5, 5.41) is 2.96. The number of unbranched alkanes of at least 4 members (excludes halogenated alkanes) is 2. The van der Waals surface area contributed by atoms with Gasteiger partial charge in [-0.2, -0.15) is 0 Å². The zero-order valence-electron chi connectivity index (χ0n) is 30.1. The Morgan fingerprint density at radius 3 is 1.91 bits per heavy atom. The highest BCUT2D eigenvalue weighted by molar-refractivity contribution is 6.12. The SMILES string of the molecule is CC[C@H](C)[C@@H]([C@H](C)CC(=O)OCC(C)C)N(C)C(=O)[C@@H](NC(=O)[C@H](C(C)C)N(C)C(=O)CCCCCN1C(=O)C=CC1=O)C(C)C. The van der Waals surface area contributed by atoms with Crippen LogP contribution in [0.4, 0.5) is 0 Å². The molecule has 46 heavy (non-hydrogen) atoms. The molecule has 1 N–H and O–H groups in total. The molecule has 0 aliphatic carbocycles. The highest BCUT2D eigenvalue weighted by Crippen LogP contribution is 2.26. The highest BCUT2D eigenvalue weighted by atomic mass is 16.5. The largest absolute Gasteiger partial charge is 0.465 e. The number of hydrogen-bond donors (Lipinski definition) is 1. The first-order chi connectivity index (χ1) is 21.4. The van der Waals surface area contributed by atoms with Crippen molar-refractivity contribution in [3.05, 3.63) is 12.2 Å². The lowest BCUT2D eigenvalue weighted by Gasteiger charge is -2.40. The third-order valence-corrected chi connectivity index (χ3v) is 8.79. The van der Waals surface area contributed by atoms with E-state index in [0.717, 1.165) is 6.42 Å². The summed E-state index contributed by atoms with van der Waals surface area (Å²) in [6.45, 7) is 18.2. The number of ether oxygens (including phenoxy) is 1. The molecule has 0 fully saturated rings. The van der Waals surface area contributed by atoms with E-state index in [1.165, 1.54) is 22.0 Å². The van der Waals surface area contributed by atoms with Crippen LogP contribution in [0.5, 0.6) is 0 Å². The molecule has 11 heteroatoms. The molecule has 1 aliphatic rings. The maximum atomic E-state index is 14.0. The first kappa shape index (κ1) is 40.8. The van der Waals surface area contributed by atoms with E-state index in [0.29, 0.717) is 32.4 Å². The summed E-state index contributed by atoms with van der Waals surface area (Å²) in [5.74, 6) is -2.00. The average molecular weight is 649 g/mol. The lowest BCUT2D eigenvalue weighted by atomic mass is 9.85. The van der Waals surface area contributed by atoms with Gasteiger partial charge in [0.25, 0.3) is 11.8 Å². The van der Waals surface area contributed by atoms with Crippen molar-refractivity contribution in [1.29, 1.82) is 0 Å². The van der Waals surface area contributed by atoms with Crippen molar-refractivity contribution >= 4 is 35.5 Å². The van der Waals surface area contributed by atoms with E-state index in [1.807, 2.05) is 48.5 Å². The molecule has 0 unspecified atom stereocenters. The van der Waals surface area contributed by atoms with Crippen molar-refractivity contribution in [2.75, 3.05) is 27.2 Å². The average Bonchev–Trinajstić information content (AvgIpc) is 3.29.